The van der Waals surface area contributed by atoms with E-state index in [1.165, 1.54) is 12.8 Å². The summed E-state index contributed by atoms with van der Waals surface area (Å²) in [5.41, 5.74) is 5.82. The minimum absolute atomic E-state index is 0.0468. The average Bonchev–Trinajstić information content (AvgIpc) is 2.81. The number of fused-ring (bicyclic) bond motifs is 1. The number of allylic oxidation sites excluding steroid dienone is 1. The number of alkyl halides is 3. The van der Waals surface area contributed by atoms with Gasteiger partial charge in [-0.2, -0.15) is 13.2 Å². The summed E-state index contributed by atoms with van der Waals surface area (Å²) in [4.78, 5) is 20.3. The summed E-state index contributed by atoms with van der Waals surface area (Å²) in [6.45, 7) is 6.96. The number of anilines is 1. The van der Waals surface area contributed by atoms with E-state index in [0.717, 1.165) is 59.9 Å². The molecule has 35 heavy (non-hydrogen) atoms. The predicted molar refractivity (Wildman–Crippen MR) is 132 cm³/mol. The maximum Gasteiger partial charge on any atom is 0.408 e. The van der Waals surface area contributed by atoms with Gasteiger partial charge in [0, 0.05) is 18.0 Å². The first kappa shape index (κ1) is 25.0. The van der Waals surface area contributed by atoms with Crippen LogP contribution in [0.1, 0.15) is 49.2 Å². The van der Waals surface area contributed by atoms with Gasteiger partial charge < -0.3 is 10.2 Å². The Kier molecular flexibility index (Phi) is 7.35. The van der Waals surface area contributed by atoms with E-state index >= 15 is 0 Å². The molecule has 2 aromatic heterocycles. The first-order valence-electron chi connectivity index (χ1n) is 11.9. The Hall–Kier alpha value is -3.07. The van der Waals surface area contributed by atoms with E-state index in [-0.39, 0.29) is 5.95 Å². The van der Waals surface area contributed by atoms with Crippen LogP contribution in [0.15, 0.2) is 36.7 Å². The minimum atomic E-state index is -4.37. The van der Waals surface area contributed by atoms with Gasteiger partial charge in [0.25, 0.3) is 0 Å². The number of hydrogen-bond donors (Lipinski definition) is 1. The van der Waals surface area contributed by atoms with E-state index in [2.05, 4.69) is 32.2 Å². The second-order valence-corrected chi connectivity index (χ2v) is 9.32. The molecule has 1 atom stereocenters. The molecule has 186 valence electrons. The molecule has 0 bridgehead atoms. The second kappa shape index (κ2) is 10.3. The molecule has 1 aliphatic heterocycles. The van der Waals surface area contributed by atoms with E-state index in [1.54, 1.807) is 13.1 Å². The maximum atomic E-state index is 12.9. The lowest BCUT2D eigenvalue weighted by Crippen LogP contribution is -2.33. The normalized spacial score (nSPS) is 17.1. The number of nitrogens with one attached hydrogen (secondary N) is 1. The van der Waals surface area contributed by atoms with Gasteiger partial charge in [0.2, 0.25) is 5.95 Å². The van der Waals surface area contributed by atoms with E-state index in [9.17, 15) is 13.2 Å². The van der Waals surface area contributed by atoms with Crippen LogP contribution in [0.25, 0.3) is 16.6 Å². The quantitative estimate of drug-likeness (QED) is 0.504. The van der Waals surface area contributed by atoms with Gasteiger partial charge in [-0.1, -0.05) is 12.1 Å². The Balaban J connectivity index is 1.57. The monoisotopic (exact) mass is 484 g/mol. The second-order valence-electron chi connectivity index (χ2n) is 9.32. The molecule has 6 nitrogen and oxygen atoms in total. The number of piperidine rings is 1. The van der Waals surface area contributed by atoms with Crippen molar-refractivity contribution in [2.24, 2.45) is 5.92 Å². The van der Waals surface area contributed by atoms with Crippen LogP contribution in [-0.4, -0.2) is 57.2 Å². The first-order chi connectivity index (χ1) is 16.6. The topological polar surface area (TPSA) is 66.8 Å². The Labute approximate surface area is 203 Å². The van der Waals surface area contributed by atoms with Crippen molar-refractivity contribution in [1.82, 2.24) is 24.8 Å². The predicted octanol–water partition coefficient (Wildman–Crippen LogP) is 5.43. The van der Waals surface area contributed by atoms with Gasteiger partial charge in [-0.3, -0.25) is 4.98 Å². The number of benzene rings is 1. The molecule has 3 aromatic rings. The third-order valence-corrected chi connectivity index (χ3v) is 6.63. The fourth-order valence-electron chi connectivity index (χ4n) is 4.43. The highest BCUT2D eigenvalue weighted by Crippen LogP contribution is 2.29. The van der Waals surface area contributed by atoms with Gasteiger partial charge >= 0.3 is 6.18 Å². The lowest BCUT2D eigenvalue weighted by Gasteiger charge is -2.28. The van der Waals surface area contributed by atoms with E-state index in [0.29, 0.717) is 11.6 Å². The van der Waals surface area contributed by atoms with Gasteiger partial charge in [0.1, 0.15) is 6.04 Å². The van der Waals surface area contributed by atoms with Crippen LogP contribution >= 0.6 is 0 Å². The molecular weight excluding hydrogens is 453 g/mol. The standard InChI is InChI=1S/C26H31F3N6/c1-5-21(22-15-31-25(32-16(22)2)33-17(3)26(27,28)29)19-6-7-23-24(13-19)34-20(14-30-23)12-18-8-10-35(4)11-9-18/h5-7,13-15,17-18H,8-12H2,1-4H3,(H,31,32,33)/b21-5-. The highest BCUT2D eigenvalue weighted by Gasteiger charge is 2.36. The number of likely N-dealkylation sites (tertiary alicyclic amines) is 1. The fourth-order valence-corrected chi connectivity index (χ4v) is 4.43. The van der Waals surface area contributed by atoms with Crippen molar-refractivity contribution < 1.29 is 13.2 Å². The molecule has 1 saturated heterocycles. The zero-order valence-corrected chi connectivity index (χ0v) is 20.5. The van der Waals surface area contributed by atoms with Crippen LogP contribution in [0.4, 0.5) is 19.1 Å². The zero-order chi connectivity index (χ0) is 25.2. The van der Waals surface area contributed by atoms with Crippen LogP contribution in [0.2, 0.25) is 0 Å². The van der Waals surface area contributed by atoms with E-state index < -0.39 is 12.2 Å². The highest BCUT2D eigenvalue weighted by molar-refractivity contribution is 5.86. The van der Waals surface area contributed by atoms with E-state index in [4.69, 9.17) is 4.98 Å². The van der Waals surface area contributed by atoms with Gasteiger partial charge in [-0.15, -0.1) is 0 Å². The molecule has 1 fully saturated rings. The Morgan fingerprint density at radius 2 is 1.89 bits per heavy atom. The summed E-state index contributed by atoms with van der Waals surface area (Å²) < 4.78 is 38.6. The summed E-state index contributed by atoms with van der Waals surface area (Å²) >= 11 is 0. The molecule has 1 N–H and O–H groups in total. The van der Waals surface area contributed by atoms with Crippen LogP contribution in [0.3, 0.4) is 0 Å². The minimum Gasteiger partial charge on any atom is -0.343 e. The third-order valence-electron chi connectivity index (χ3n) is 6.63. The molecule has 9 heteroatoms. The van der Waals surface area contributed by atoms with Crippen molar-refractivity contribution in [1.29, 1.82) is 0 Å². The summed E-state index contributed by atoms with van der Waals surface area (Å²) in [6, 6.07) is 4.18. The van der Waals surface area contributed by atoms with Crippen molar-refractivity contribution in [2.75, 3.05) is 25.5 Å². The molecule has 0 amide bonds. The first-order valence-corrected chi connectivity index (χ1v) is 11.9. The summed E-state index contributed by atoms with van der Waals surface area (Å²) in [6.07, 6.45) is 4.29. The molecule has 4 rings (SSSR count). The molecule has 1 unspecified atom stereocenters. The Morgan fingerprint density at radius 3 is 2.54 bits per heavy atom. The number of aryl methyl sites for hydroxylation is 1. The number of halogens is 3. The number of aromatic nitrogens is 4. The summed E-state index contributed by atoms with van der Waals surface area (Å²) in [7, 11) is 2.16. The lowest BCUT2D eigenvalue weighted by atomic mass is 9.92. The van der Waals surface area contributed by atoms with Crippen molar-refractivity contribution >= 4 is 22.6 Å². The Morgan fingerprint density at radius 1 is 1.14 bits per heavy atom. The third kappa shape index (κ3) is 5.96. The van der Waals surface area contributed by atoms with Crippen molar-refractivity contribution in [3.05, 3.63) is 59.2 Å². The molecule has 0 saturated carbocycles. The van der Waals surface area contributed by atoms with Gasteiger partial charge in [0.15, 0.2) is 0 Å². The van der Waals surface area contributed by atoms with Crippen molar-refractivity contribution in [3.63, 3.8) is 0 Å². The number of nitrogens with zero attached hydrogens (tertiary/aromatic N) is 5. The van der Waals surface area contributed by atoms with Crippen molar-refractivity contribution in [2.45, 2.75) is 52.3 Å². The molecular formula is C26H31F3N6. The molecule has 1 aromatic carbocycles. The maximum absolute atomic E-state index is 12.9. The molecule has 1 aliphatic rings. The summed E-state index contributed by atoms with van der Waals surface area (Å²) in [5, 5.41) is 2.33. The Bertz CT molecular complexity index is 1220. The SMILES string of the molecule is C/C=C(/c1ccc2ncc(CC3CCN(C)CC3)nc2c1)c1cnc(NC(C)C(F)(F)F)nc1C. The fraction of sp³-hybridized carbons (Fsp3) is 0.462. The summed E-state index contributed by atoms with van der Waals surface area (Å²) in [5.74, 6) is 0.577. The number of hydrogen-bond acceptors (Lipinski definition) is 6. The van der Waals surface area contributed by atoms with Crippen LogP contribution in [-0.2, 0) is 6.42 Å². The van der Waals surface area contributed by atoms with Crippen LogP contribution in [0.5, 0.6) is 0 Å². The van der Waals surface area contributed by atoms with Gasteiger partial charge in [-0.05, 0) is 89.4 Å². The van der Waals surface area contributed by atoms with Gasteiger partial charge in [-0.25, -0.2) is 15.0 Å². The lowest BCUT2D eigenvalue weighted by molar-refractivity contribution is -0.138. The highest BCUT2D eigenvalue weighted by atomic mass is 19.4. The zero-order valence-electron chi connectivity index (χ0n) is 20.5. The molecule has 0 aliphatic carbocycles. The van der Waals surface area contributed by atoms with Crippen LogP contribution in [0, 0.1) is 12.8 Å². The van der Waals surface area contributed by atoms with E-state index in [1.807, 2.05) is 37.4 Å². The molecule has 0 spiro atoms. The smallest absolute Gasteiger partial charge is 0.343 e. The largest absolute Gasteiger partial charge is 0.408 e. The molecule has 0 radical (unpaired) electrons. The average molecular weight is 485 g/mol. The van der Waals surface area contributed by atoms with Crippen molar-refractivity contribution in [3.8, 4) is 0 Å². The number of rotatable bonds is 6. The van der Waals surface area contributed by atoms with Gasteiger partial charge in [0.05, 0.1) is 22.4 Å². The van der Waals surface area contributed by atoms with Crippen LogP contribution < -0.4 is 5.32 Å². The molecule has 3 heterocycles.